The van der Waals surface area contributed by atoms with Crippen LogP contribution in [0.5, 0.6) is 0 Å². The first-order chi connectivity index (χ1) is 5.31. The second kappa shape index (κ2) is 8.70. The van der Waals surface area contributed by atoms with Gasteiger partial charge in [0.15, 0.2) is 0 Å². The minimum atomic E-state index is 0.611. The van der Waals surface area contributed by atoms with Gasteiger partial charge in [-0.2, -0.15) is 0 Å². The van der Waals surface area contributed by atoms with Gasteiger partial charge in [-0.05, 0) is 0 Å². The first-order valence-electron chi connectivity index (χ1n) is 4.38. The maximum atomic E-state index is 5.16. The van der Waals surface area contributed by atoms with Crippen molar-refractivity contribution in [2.75, 3.05) is 0 Å². The molecule has 0 aromatic heterocycles. The molecule has 0 aliphatic rings. The Morgan fingerprint density at radius 2 is 1.82 bits per heavy atom. The van der Waals surface area contributed by atoms with Gasteiger partial charge in [0.1, 0.15) is 0 Å². The van der Waals surface area contributed by atoms with Gasteiger partial charge in [-0.1, -0.05) is 0 Å². The molecule has 0 radical (unpaired) electrons. The summed E-state index contributed by atoms with van der Waals surface area (Å²) < 4.78 is 1.31. The Morgan fingerprint density at radius 1 is 1.18 bits per heavy atom. The van der Waals surface area contributed by atoms with Crippen molar-refractivity contribution in [2.45, 2.75) is 51.3 Å². The van der Waals surface area contributed by atoms with E-state index in [0.29, 0.717) is 15.0 Å². The van der Waals surface area contributed by atoms with Gasteiger partial charge in [0, 0.05) is 0 Å². The third kappa shape index (κ3) is 8.52. The van der Waals surface area contributed by atoms with Crippen molar-refractivity contribution < 1.29 is 0 Å². The van der Waals surface area contributed by atoms with E-state index in [1.165, 1.54) is 42.3 Å². The molecular weight excluding hydrogens is 219 g/mol. The van der Waals surface area contributed by atoms with Crippen molar-refractivity contribution in [1.82, 2.24) is 0 Å². The summed E-state index contributed by atoms with van der Waals surface area (Å²) in [7, 11) is 0. The van der Waals surface area contributed by atoms with Crippen LogP contribution in [0.4, 0.5) is 0 Å². The predicted octanol–water partition coefficient (Wildman–Crippen LogP) is 3.43. The summed E-state index contributed by atoms with van der Waals surface area (Å²) in [5.41, 5.74) is 0. The molecule has 0 heterocycles. The van der Waals surface area contributed by atoms with Crippen LogP contribution in [0.15, 0.2) is 0 Å². The van der Waals surface area contributed by atoms with E-state index in [2.05, 4.69) is 12.7 Å². The number of unbranched alkanes of at least 4 members (excludes halogenated alkanes) is 4. The van der Waals surface area contributed by atoms with Crippen molar-refractivity contribution in [1.29, 1.82) is 0 Å². The topological polar surface area (TPSA) is 0 Å². The van der Waals surface area contributed by atoms with Crippen LogP contribution in [0.3, 0.4) is 0 Å². The molecule has 66 valence electrons. The van der Waals surface area contributed by atoms with Gasteiger partial charge in [0.05, 0.1) is 0 Å². The number of hydrogen-bond donors (Lipinski definition) is 0. The normalized spacial score (nSPS) is 10.0. The molecule has 0 atom stereocenters. The van der Waals surface area contributed by atoms with E-state index in [1.54, 1.807) is 0 Å². The van der Waals surface area contributed by atoms with E-state index >= 15 is 0 Å². The molecule has 11 heavy (non-hydrogen) atoms. The summed E-state index contributed by atoms with van der Waals surface area (Å²) in [6, 6.07) is 0. The van der Waals surface area contributed by atoms with Gasteiger partial charge >= 0.3 is 82.2 Å². The predicted molar refractivity (Wildman–Crippen MR) is 57.6 cm³/mol. The molecule has 0 bridgehead atoms. The molecule has 2 heteroatoms. The number of thiocarbonyl (C=S) groups is 1. The summed E-state index contributed by atoms with van der Waals surface area (Å²) in [5.74, 6) is 2.21. The van der Waals surface area contributed by atoms with Crippen LogP contribution >= 0.6 is 12.2 Å². The monoisotopic (exact) mass is 238 g/mol. The zero-order chi connectivity index (χ0) is 8.53. The second-order valence-corrected chi connectivity index (χ2v) is 5.71. The van der Waals surface area contributed by atoms with Crippen molar-refractivity contribution >= 4 is 30.9 Å². The standard InChI is InChI=1S/C9H18SSe/c1-3-4-5-6-7-8-9(10)11-2/h3-8H2,1-2H3. The summed E-state index contributed by atoms with van der Waals surface area (Å²) in [6.07, 6.45) is 8.04. The molecule has 0 saturated heterocycles. The van der Waals surface area contributed by atoms with Gasteiger partial charge in [0.2, 0.25) is 0 Å². The molecule has 0 saturated carbocycles. The van der Waals surface area contributed by atoms with E-state index < -0.39 is 0 Å². The fourth-order valence-corrected chi connectivity index (χ4v) is 1.85. The van der Waals surface area contributed by atoms with Crippen molar-refractivity contribution in [3.63, 3.8) is 0 Å². The van der Waals surface area contributed by atoms with Crippen LogP contribution in [0.1, 0.15) is 45.4 Å². The zero-order valence-corrected chi connectivity index (χ0v) is 10.1. The molecule has 0 amide bonds. The van der Waals surface area contributed by atoms with Gasteiger partial charge in [0.25, 0.3) is 0 Å². The van der Waals surface area contributed by atoms with E-state index in [-0.39, 0.29) is 0 Å². The molecular formula is C9H18SSe. The molecule has 0 N–H and O–H groups in total. The van der Waals surface area contributed by atoms with Crippen LogP contribution in [-0.2, 0) is 0 Å². The molecule has 0 spiro atoms. The Hall–Kier alpha value is 0.609. The molecule has 0 aliphatic carbocycles. The van der Waals surface area contributed by atoms with Gasteiger partial charge < -0.3 is 0 Å². The van der Waals surface area contributed by atoms with Crippen LogP contribution < -0.4 is 0 Å². The fourth-order valence-electron chi connectivity index (χ4n) is 0.975. The first kappa shape index (κ1) is 11.6. The number of rotatable bonds is 7. The molecule has 0 fully saturated rings. The van der Waals surface area contributed by atoms with Crippen LogP contribution in [-0.4, -0.2) is 18.7 Å². The Labute approximate surface area is 82.3 Å². The summed E-state index contributed by atoms with van der Waals surface area (Å²) in [4.78, 5) is 0. The van der Waals surface area contributed by atoms with E-state index in [0.717, 1.165) is 0 Å². The quantitative estimate of drug-likeness (QED) is 0.371. The first-order valence-corrected chi connectivity index (χ1v) is 7.36. The van der Waals surface area contributed by atoms with Gasteiger partial charge in [-0.3, -0.25) is 0 Å². The Balaban J connectivity index is 2.95. The van der Waals surface area contributed by atoms with Crippen molar-refractivity contribution in [3.8, 4) is 0 Å². The van der Waals surface area contributed by atoms with E-state index in [1.807, 2.05) is 0 Å². The third-order valence-electron chi connectivity index (χ3n) is 1.71. The molecule has 0 aromatic rings. The number of hydrogen-bond acceptors (Lipinski definition) is 1. The third-order valence-corrected chi connectivity index (χ3v) is 4.17. The average molecular weight is 237 g/mol. The minimum absolute atomic E-state index is 0.611. The zero-order valence-electron chi connectivity index (χ0n) is 7.56. The SMILES string of the molecule is CCCCCCCC(=S)[Se]C. The van der Waals surface area contributed by atoms with Gasteiger partial charge in [-0.25, -0.2) is 0 Å². The molecule has 0 aromatic carbocycles. The maximum absolute atomic E-state index is 5.16. The van der Waals surface area contributed by atoms with E-state index in [9.17, 15) is 0 Å². The summed E-state index contributed by atoms with van der Waals surface area (Å²) in [6.45, 7) is 2.25. The molecule has 0 rings (SSSR count). The van der Waals surface area contributed by atoms with Crippen molar-refractivity contribution in [3.05, 3.63) is 0 Å². The van der Waals surface area contributed by atoms with Crippen LogP contribution in [0.2, 0.25) is 5.82 Å². The Bertz CT molecular complexity index is 102. The molecule has 0 unspecified atom stereocenters. The molecule has 0 nitrogen and oxygen atoms in total. The summed E-state index contributed by atoms with van der Waals surface area (Å²) >= 11 is 5.77. The van der Waals surface area contributed by atoms with Crippen LogP contribution in [0, 0.1) is 0 Å². The van der Waals surface area contributed by atoms with Crippen molar-refractivity contribution in [2.24, 2.45) is 0 Å². The Morgan fingerprint density at radius 3 is 2.36 bits per heavy atom. The molecule has 0 aliphatic heterocycles. The fraction of sp³-hybridized carbons (Fsp3) is 0.889. The van der Waals surface area contributed by atoms with E-state index in [4.69, 9.17) is 12.2 Å². The Kier molecular flexibility index (Phi) is 9.19. The average Bonchev–Trinajstić information content (AvgIpc) is 2.04. The van der Waals surface area contributed by atoms with Gasteiger partial charge in [-0.15, -0.1) is 0 Å². The van der Waals surface area contributed by atoms with Crippen LogP contribution in [0.25, 0.3) is 0 Å². The summed E-state index contributed by atoms with van der Waals surface area (Å²) in [5, 5.41) is 0. The second-order valence-electron chi connectivity index (χ2n) is 2.74.